The molecule has 0 aliphatic rings. The van der Waals surface area contributed by atoms with Crippen LogP contribution in [0, 0.1) is 6.92 Å². The van der Waals surface area contributed by atoms with E-state index in [0.29, 0.717) is 17.5 Å². The quantitative estimate of drug-likeness (QED) is 0.684. The summed E-state index contributed by atoms with van der Waals surface area (Å²) in [6.45, 7) is 1.81. The molecule has 0 radical (unpaired) electrons. The van der Waals surface area contributed by atoms with E-state index in [9.17, 15) is 0 Å². The summed E-state index contributed by atoms with van der Waals surface area (Å²) >= 11 is 0. The summed E-state index contributed by atoms with van der Waals surface area (Å²) in [5.74, 6) is 1.78. The van der Waals surface area contributed by atoms with E-state index in [4.69, 9.17) is 5.73 Å². The van der Waals surface area contributed by atoms with Gasteiger partial charge in [0.05, 0.1) is 11.7 Å². The van der Waals surface area contributed by atoms with Gasteiger partial charge in [-0.15, -0.1) is 0 Å². The van der Waals surface area contributed by atoms with Crippen molar-refractivity contribution in [3.63, 3.8) is 0 Å². The van der Waals surface area contributed by atoms with Crippen LogP contribution in [0.25, 0.3) is 16.7 Å². The molecule has 0 fully saturated rings. The second-order valence-corrected chi connectivity index (χ2v) is 3.81. The summed E-state index contributed by atoms with van der Waals surface area (Å²) in [5, 5.41) is 5.39. The molecule has 0 atom stereocenters. The van der Waals surface area contributed by atoms with Crippen LogP contribution in [0.3, 0.4) is 0 Å². The van der Waals surface area contributed by atoms with Gasteiger partial charge in [0.1, 0.15) is 11.6 Å². The number of aromatic nitrogens is 4. The zero-order valence-electron chi connectivity index (χ0n) is 9.33. The van der Waals surface area contributed by atoms with E-state index in [1.54, 1.807) is 10.7 Å². The van der Waals surface area contributed by atoms with Crippen LogP contribution in [-0.4, -0.2) is 19.7 Å². The third-order valence-electron chi connectivity index (χ3n) is 2.54. The average Bonchev–Trinajstić information content (AvgIpc) is 2.71. The highest BCUT2D eigenvalue weighted by Crippen LogP contribution is 2.17. The zero-order valence-corrected chi connectivity index (χ0v) is 9.33. The summed E-state index contributed by atoms with van der Waals surface area (Å²) in [7, 11) is 0. The van der Waals surface area contributed by atoms with Crippen LogP contribution >= 0.6 is 0 Å². The smallest absolute Gasteiger partial charge is 0.159 e. The standard InChI is InChI=1S/C12H11N5/c1-8-15-11(13)6-12(16-8)17-10-5-3-2-4-9(10)7-14-17/h2-7H,1H3,(H2,13,15,16). The molecular weight excluding hydrogens is 214 g/mol. The van der Waals surface area contributed by atoms with Gasteiger partial charge in [-0.2, -0.15) is 5.10 Å². The van der Waals surface area contributed by atoms with E-state index in [0.717, 1.165) is 10.9 Å². The van der Waals surface area contributed by atoms with E-state index in [1.165, 1.54) is 0 Å². The first-order valence-corrected chi connectivity index (χ1v) is 5.28. The highest BCUT2D eigenvalue weighted by Gasteiger charge is 2.06. The van der Waals surface area contributed by atoms with Crippen molar-refractivity contribution >= 4 is 16.7 Å². The fraction of sp³-hybridized carbons (Fsp3) is 0.0833. The SMILES string of the molecule is Cc1nc(N)cc(-n2ncc3ccccc32)n1. The Morgan fingerprint density at radius 3 is 2.82 bits per heavy atom. The van der Waals surface area contributed by atoms with Gasteiger partial charge in [-0.25, -0.2) is 14.6 Å². The minimum absolute atomic E-state index is 0.451. The average molecular weight is 225 g/mol. The fourth-order valence-electron chi connectivity index (χ4n) is 1.84. The first-order chi connectivity index (χ1) is 8.24. The summed E-state index contributed by atoms with van der Waals surface area (Å²) in [5.41, 5.74) is 6.72. The molecule has 0 bridgehead atoms. The van der Waals surface area contributed by atoms with Crippen LogP contribution in [0.2, 0.25) is 0 Å². The summed E-state index contributed by atoms with van der Waals surface area (Å²) in [6, 6.07) is 9.67. The molecule has 5 heteroatoms. The number of nitrogen functional groups attached to an aromatic ring is 1. The molecule has 17 heavy (non-hydrogen) atoms. The number of para-hydroxylation sites is 1. The maximum absolute atomic E-state index is 5.72. The van der Waals surface area contributed by atoms with Gasteiger partial charge in [-0.05, 0) is 13.0 Å². The van der Waals surface area contributed by atoms with Crippen LogP contribution in [0.15, 0.2) is 36.5 Å². The number of anilines is 1. The summed E-state index contributed by atoms with van der Waals surface area (Å²) < 4.78 is 1.76. The molecule has 0 saturated heterocycles. The highest BCUT2D eigenvalue weighted by molar-refractivity contribution is 5.79. The molecule has 0 aliphatic carbocycles. The van der Waals surface area contributed by atoms with Crippen molar-refractivity contribution in [1.82, 2.24) is 19.7 Å². The Labute approximate surface area is 97.9 Å². The number of nitrogens with two attached hydrogens (primary N) is 1. The van der Waals surface area contributed by atoms with Crippen molar-refractivity contribution in [3.05, 3.63) is 42.4 Å². The molecule has 0 unspecified atom stereocenters. The minimum atomic E-state index is 0.451. The van der Waals surface area contributed by atoms with Gasteiger partial charge in [0, 0.05) is 11.5 Å². The second kappa shape index (κ2) is 3.55. The molecule has 84 valence electrons. The molecular formula is C12H11N5. The van der Waals surface area contributed by atoms with Gasteiger partial charge in [0.15, 0.2) is 5.82 Å². The van der Waals surface area contributed by atoms with Crippen LogP contribution in [0.4, 0.5) is 5.82 Å². The number of rotatable bonds is 1. The van der Waals surface area contributed by atoms with E-state index in [-0.39, 0.29) is 0 Å². The molecule has 0 saturated carbocycles. The maximum Gasteiger partial charge on any atom is 0.159 e. The summed E-state index contributed by atoms with van der Waals surface area (Å²) in [4.78, 5) is 8.39. The number of nitrogens with zero attached hydrogens (tertiary/aromatic N) is 4. The fourth-order valence-corrected chi connectivity index (χ4v) is 1.84. The van der Waals surface area contributed by atoms with Crippen LogP contribution in [-0.2, 0) is 0 Å². The van der Waals surface area contributed by atoms with Gasteiger partial charge in [0.25, 0.3) is 0 Å². The molecule has 1 aromatic carbocycles. The van der Waals surface area contributed by atoms with Crippen molar-refractivity contribution in [2.75, 3.05) is 5.73 Å². The monoisotopic (exact) mass is 225 g/mol. The van der Waals surface area contributed by atoms with Crippen molar-refractivity contribution in [2.45, 2.75) is 6.92 Å². The Balaban J connectivity index is 2.27. The predicted molar refractivity (Wildman–Crippen MR) is 65.8 cm³/mol. The third kappa shape index (κ3) is 1.61. The van der Waals surface area contributed by atoms with Crippen molar-refractivity contribution in [1.29, 1.82) is 0 Å². The number of benzene rings is 1. The molecule has 3 rings (SSSR count). The van der Waals surface area contributed by atoms with Gasteiger partial charge < -0.3 is 5.73 Å². The Bertz CT molecular complexity index is 666. The lowest BCUT2D eigenvalue weighted by Crippen LogP contribution is -2.04. The van der Waals surface area contributed by atoms with E-state index in [2.05, 4.69) is 15.1 Å². The lowest BCUT2D eigenvalue weighted by Gasteiger charge is -2.04. The molecule has 0 aliphatic heterocycles. The van der Waals surface area contributed by atoms with E-state index in [1.807, 2.05) is 37.4 Å². The maximum atomic E-state index is 5.72. The molecule has 5 nitrogen and oxygen atoms in total. The Morgan fingerprint density at radius 1 is 1.18 bits per heavy atom. The van der Waals surface area contributed by atoms with Crippen molar-refractivity contribution < 1.29 is 0 Å². The van der Waals surface area contributed by atoms with Gasteiger partial charge in [-0.3, -0.25) is 0 Å². The van der Waals surface area contributed by atoms with Crippen LogP contribution in [0.5, 0.6) is 0 Å². The van der Waals surface area contributed by atoms with E-state index < -0.39 is 0 Å². The highest BCUT2D eigenvalue weighted by atomic mass is 15.3. The Morgan fingerprint density at radius 2 is 2.00 bits per heavy atom. The van der Waals surface area contributed by atoms with Gasteiger partial charge in [0.2, 0.25) is 0 Å². The number of aryl methyl sites for hydroxylation is 1. The Hall–Kier alpha value is -2.43. The lowest BCUT2D eigenvalue weighted by atomic mass is 10.2. The first kappa shape index (κ1) is 9.77. The first-order valence-electron chi connectivity index (χ1n) is 5.28. The minimum Gasteiger partial charge on any atom is -0.384 e. The summed E-state index contributed by atoms with van der Waals surface area (Å²) in [6.07, 6.45) is 1.81. The molecule has 2 heterocycles. The van der Waals surface area contributed by atoms with Gasteiger partial charge in [-0.1, -0.05) is 18.2 Å². The molecule has 0 amide bonds. The molecule has 0 spiro atoms. The zero-order chi connectivity index (χ0) is 11.8. The van der Waals surface area contributed by atoms with E-state index >= 15 is 0 Å². The largest absolute Gasteiger partial charge is 0.384 e. The number of hydrogen-bond acceptors (Lipinski definition) is 4. The number of hydrogen-bond donors (Lipinski definition) is 1. The topological polar surface area (TPSA) is 69.6 Å². The lowest BCUT2D eigenvalue weighted by molar-refractivity contribution is 0.854. The second-order valence-electron chi connectivity index (χ2n) is 3.81. The van der Waals surface area contributed by atoms with Crippen LogP contribution in [0.1, 0.15) is 5.82 Å². The molecule has 3 aromatic rings. The Kier molecular flexibility index (Phi) is 2.04. The van der Waals surface area contributed by atoms with Crippen molar-refractivity contribution in [2.24, 2.45) is 0 Å². The van der Waals surface area contributed by atoms with Gasteiger partial charge >= 0.3 is 0 Å². The van der Waals surface area contributed by atoms with Crippen molar-refractivity contribution in [3.8, 4) is 5.82 Å². The number of fused-ring (bicyclic) bond motifs is 1. The third-order valence-corrected chi connectivity index (χ3v) is 2.54. The van der Waals surface area contributed by atoms with Crippen LogP contribution < -0.4 is 5.73 Å². The normalized spacial score (nSPS) is 10.9. The molecule has 2 N–H and O–H groups in total. The molecule has 2 aromatic heterocycles. The predicted octanol–water partition coefficient (Wildman–Crippen LogP) is 1.71.